The summed E-state index contributed by atoms with van der Waals surface area (Å²) in [5.74, 6) is 0.193. The van der Waals surface area contributed by atoms with Crippen LogP contribution in [0.5, 0.6) is 0 Å². The van der Waals surface area contributed by atoms with Gasteiger partial charge < -0.3 is 10.2 Å². The molecule has 1 aromatic carbocycles. The Morgan fingerprint density at radius 1 is 1.37 bits per heavy atom. The number of hydrogen-bond acceptors (Lipinski definition) is 2. The first kappa shape index (κ1) is 14.1. The summed E-state index contributed by atoms with van der Waals surface area (Å²) < 4.78 is 0. The Labute approximate surface area is 116 Å². The number of amides is 1. The van der Waals surface area contributed by atoms with Crippen molar-refractivity contribution in [1.82, 2.24) is 10.2 Å². The van der Waals surface area contributed by atoms with Crippen molar-refractivity contribution >= 4 is 5.91 Å². The fraction of sp³-hybridized carbons (Fsp3) is 0.562. The van der Waals surface area contributed by atoms with E-state index in [1.807, 2.05) is 36.9 Å². The standard InChI is InChI=1S/C16H24N2O/c1-4-17-14-9-6-10-18(11-14)16(19)15-12(2)7-5-8-13(15)3/h5,7-8,14,17H,4,6,9-11H2,1-3H3. The van der Waals surface area contributed by atoms with Crippen molar-refractivity contribution < 1.29 is 4.79 Å². The van der Waals surface area contributed by atoms with E-state index in [1.54, 1.807) is 0 Å². The van der Waals surface area contributed by atoms with Gasteiger partial charge in [-0.05, 0) is 44.4 Å². The van der Waals surface area contributed by atoms with Crippen LogP contribution in [0.25, 0.3) is 0 Å². The van der Waals surface area contributed by atoms with Crippen molar-refractivity contribution in [1.29, 1.82) is 0 Å². The van der Waals surface area contributed by atoms with E-state index < -0.39 is 0 Å². The molecule has 19 heavy (non-hydrogen) atoms. The average molecular weight is 260 g/mol. The second-order valence-electron chi connectivity index (χ2n) is 5.41. The molecule has 1 aliphatic heterocycles. The number of rotatable bonds is 3. The minimum absolute atomic E-state index is 0.193. The minimum Gasteiger partial charge on any atom is -0.337 e. The summed E-state index contributed by atoms with van der Waals surface area (Å²) in [6, 6.07) is 6.50. The molecule has 3 nitrogen and oxygen atoms in total. The van der Waals surface area contributed by atoms with Crippen molar-refractivity contribution in [2.24, 2.45) is 0 Å². The van der Waals surface area contributed by atoms with E-state index in [0.717, 1.165) is 42.7 Å². The van der Waals surface area contributed by atoms with Gasteiger partial charge >= 0.3 is 0 Å². The van der Waals surface area contributed by atoms with Gasteiger partial charge in [-0.25, -0.2) is 0 Å². The zero-order chi connectivity index (χ0) is 13.8. The predicted molar refractivity (Wildman–Crippen MR) is 78.5 cm³/mol. The van der Waals surface area contributed by atoms with Crippen LogP contribution >= 0.6 is 0 Å². The molecule has 0 aliphatic carbocycles. The quantitative estimate of drug-likeness (QED) is 0.905. The molecule has 1 N–H and O–H groups in total. The molecule has 1 heterocycles. The molecule has 1 unspecified atom stereocenters. The lowest BCUT2D eigenvalue weighted by molar-refractivity contribution is 0.0694. The predicted octanol–water partition coefficient (Wildman–Crippen LogP) is 2.52. The van der Waals surface area contributed by atoms with Crippen LogP contribution in [-0.4, -0.2) is 36.5 Å². The van der Waals surface area contributed by atoms with Gasteiger partial charge in [0.05, 0.1) is 0 Å². The van der Waals surface area contributed by atoms with Crippen LogP contribution in [0, 0.1) is 13.8 Å². The molecule has 104 valence electrons. The first-order valence-electron chi connectivity index (χ1n) is 7.22. The fourth-order valence-electron chi connectivity index (χ4n) is 2.93. The second-order valence-corrected chi connectivity index (χ2v) is 5.41. The number of carbonyl (C=O) groups excluding carboxylic acids is 1. The molecule has 1 amide bonds. The lowest BCUT2D eigenvalue weighted by Gasteiger charge is -2.33. The zero-order valence-electron chi connectivity index (χ0n) is 12.2. The van der Waals surface area contributed by atoms with Gasteiger partial charge in [-0.15, -0.1) is 0 Å². The third-order valence-corrected chi connectivity index (χ3v) is 3.90. The molecule has 0 aromatic heterocycles. The summed E-state index contributed by atoms with van der Waals surface area (Å²) >= 11 is 0. The molecule has 0 saturated carbocycles. The number of aryl methyl sites for hydroxylation is 2. The normalized spacial score (nSPS) is 19.5. The highest BCUT2D eigenvalue weighted by Crippen LogP contribution is 2.19. The first-order valence-corrected chi connectivity index (χ1v) is 7.22. The molecular formula is C16H24N2O. The largest absolute Gasteiger partial charge is 0.337 e. The van der Waals surface area contributed by atoms with Crippen LogP contribution in [0.1, 0.15) is 41.3 Å². The Kier molecular flexibility index (Phi) is 4.59. The number of benzene rings is 1. The van der Waals surface area contributed by atoms with E-state index in [9.17, 15) is 4.79 Å². The zero-order valence-corrected chi connectivity index (χ0v) is 12.2. The van der Waals surface area contributed by atoms with Crippen LogP contribution < -0.4 is 5.32 Å². The van der Waals surface area contributed by atoms with Gasteiger partial charge in [-0.1, -0.05) is 25.1 Å². The van der Waals surface area contributed by atoms with Gasteiger partial charge in [-0.3, -0.25) is 4.79 Å². The summed E-state index contributed by atoms with van der Waals surface area (Å²) in [6.07, 6.45) is 2.26. The maximum absolute atomic E-state index is 12.7. The average Bonchev–Trinajstić information content (AvgIpc) is 2.39. The summed E-state index contributed by atoms with van der Waals surface area (Å²) in [4.78, 5) is 14.7. The first-order chi connectivity index (χ1) is 9.13. The van der Waals surface area contributed by atoms with E-state index in [4.69, 9.17) is 0 Å². The molecule has 1 aliphatic rings. The van der Waals surface area contributed by atoms with Crippen molar-refractivity contribution in [2.45, 2.75) is 39.7 Å². The van der Waals surface area contributed by atoms with Gasteiger partial charge in [0.15, 0.2) is 0 Å². The van der Waals surface area contributed by atoms with Crippen molar-refractivity contribution in [2.75, 3.05) is 19.6 Å². The molecule has 1 saturated heterocycles. The van der Waals surface area contributed by atoms with Crippen LogP contribution in [0.4, 0.5) is 0 Å². The Morgan fingerprint density at radius 2 is 2.05 bits per heavy atom. The molecular weight excluding hydrogens is 236 g/mol. The third-order valence-electron chi connectivity index (χ3n) is 3.90. The number of nitrogens with one attached hydrogen (secondary N) is 1. The smallest absolute Gasteiger partial charge is 0.254 e. The molecule has 3 heteroatoms. The Hall–Kier alpha value is -1.35. The number of piperidine rings is 1. The molecule has 0 spiro atoms. The van der Waals surface area contributed by atoms with Crippen molar-refractivity contribution in [3.8, 4) is 0 Å². The molecule has 2 rings (SSSR count). The minimum atomic E-state index is 0.193. The summed E-state index contributed by atoms with van der Waals surface area (Å²) in [5, 5.41) is 3.46. The summed E-state index contributed by atoms with van der Waals surface area (Å²) in [6.45, 7) is 8.84. The molecule has 0 radical (unpaired) electrons. The van der Waals surface area contributed by atoms with Crippen LogP contribution in [0.15, 0.2) is 18.2 Å². The number of likely N-dealkylation sites (tertiary alicyclic amines) is 1. The van der Waals surface area contributed by atoms with Crippen LogP contribution in [0.2, 0.25) is 0 Å². The summed E-state index contributed by atoms with van der Waals surface area (Å²) in [7, 11) is 0. The second kappa shape index (κ2) is 6.20. The van der Waals surface area contributed by atoms with Gasteiger partial charge in [0.1, 0.15) is 0 Å². The van der Waals surface area contributed by atoms with E-state index >= 15 is 0 Å². The van der Waals surface area contributed by atoms with Gasteiger partial charge in [0.25, 0.3) is 5.91 Å². The van der Waals surface area contributed by atoms with Gasteiger partial charge in [-0.2, -0.15) is 0 Å². The van der Waals surface area contributed by atoms with Crippen molar-refractivity contribution in [3.05, 3.63) is 34.9 Å². The third kappa shape index (κ3) is 3.16. The SMILES string of the molecule is CCNC1CCCN(C(=O)c2c(C)cccc2C)C1. The molecule has 1 aromatic rings. The monoisotopic (exact) mass is 260 g/mol. The van der Waals surface area contributed by atoms with E-state index in [1.165, 1.54) is 6.42 Å². The fourth-order valence-corrected chi connectivity index (χ4v) is 2.93. The maximum atomic E-state index is 12.7. The van der Waals surface area contributed by atoms with E-state index in [-0.39, 0.29) is 5.91 Å². The number of carbonyl (C=O) groups is 1. The lowest BCUT2D eigenvalue weighted by atomic mass is 9.99. The Bertz CT molecular complexity index is 434. The Balaban J connectivity index is 2.15. The highest BCUT2D eigenvalue weighted by Gasteiger charge is 2.25. The molecule has 1 fully saturated rings. The molecule has 1 atom stereocenters. The number of nitrogens with zero attached hydrogens (tertiary/aromatic N) is 1. The van der Waals surface area contributed by atoms with Crippen molar-refractivity contribution in [3.63, 3.8) is 0 Å². The highest BCUT2D eigenvalue weighted by atomic mass is 16.2. The molecule has 0 bridgehead atoms. The highest BCUT2D eigenvalue weighted by molar-refractivity contribution is 5.97. The maximum Gasteiger partial charge on any atom is 0.254 e. The van der Waals surface area contributed by atoms with E-state index in [2.05, 4.69) is 12.2 Å². The van der Waals surface area contributed by atoms with E-state index in [0.29, 0.717) is 6.04 Å². The van der Waals surface area contributed by atoms with Gasteiger partial charge in [0, 0.05) is 24.7 Å². The summed E-state index contributed by atoms with van der Waals surface area (Å²) in [5.41, 5.74) is 3.05. The van der Waals surface area contributed by atoms with Crippen LogP contribution in [0.3, 0.4) is 0 Å². The Morgan fingerprint density at radius 3 is 2.68 bits per heavy atom. The van der Waals surface area contributed by atoms with Gasteiger partial charge in [0.2, 0.25) is 0 Å². The lowest BCUT2D eigenvalue weighted by Crippen LogP contribution is -2.48. The topological polar surface area (TPSA) is 32.3 Å². The van der Waals surface area contributed by atoms with Crippen LogP contribution in [-0.2, 0) is 0 Å². The number of hydrogen-bond donors (Lipinski definition) is 1. The number of likely N-dealkylation sites (N-methyl/N-ethyl adjacent to an activating group) is 1.